The van der Waals surface area contributed by atoms with Crippen LogP contribution in [0.25, 0.3) is 0 Å². The lowest BCUT2D eigenvalue weighted by Crippen LogP contribution is -2.16. The molecular formula is C13H23N5S. The Labute approximate surface area is 119 Å². The summed E-state index contributed by atoms with van der Waals surface area (Å²) in [6, 6.07) is 0. The van der Waals surface area contributed by atoms with Gasteiger partial charge in [0.05, 0.1) is 0 Å². The largest absolute Gasteiger partial charge is 0.354 e. The molecule has 1 N–H and O–H groups in total. The molecule has 2 rings (SSSR count). The minimum absolute atomic E-state index is 0.676. The number of hydrogen-bond donors (Lipinski definition) is 1. The van der Waals surface area contributed by atoms with Gasteiger partial charge < -0.3 is 10.2 Å². The lowest BCUT2D eigenvalue weighted by Gasteiger charge is -2.13. The van der Waals surface area contributed by atoms with E-state index in [-0.39, 0.29) is 0 Å². The van der Waals surface area contributed by atoms with Crippen LogP contribution in [0.15, 0.2) is 5.16 Å². The van der Waals surface area contributed by atoms with E-state index in [0.29, 0.717) is 5.95 Å². The van der Waals surface area contributed by atoms with E-state index in [2.05, 4.69) is 20.3 Å². The number of anilines is 2. The Bertz CT molecular complexity index is 404. The summed E-state index contributed by atoms with van der Waals surface area (Å²) < 4.78 is 0. The van der Waals surface area contributed by atoms with Crippen LogP contribution in [0.4, 0.5) is 11.9 Å². The van der Waals surface area contributed by atoms with E-state index in [1.807, 2.05) is 25.9 Å². The molecule has 1 aromatic rings. The average molecular weight is 281 g/mol. The van der Waals surface area contributed by atoms with Crippen molar-refractivity contribution >= 4 is 23.7 Å². The topological polar surface area (TPSA) is 53.9 Å². The highest BCUT2D eigenvalue weighted by Crippen LogP contribution is 2.30. The number of thioether (sulfide) groups is 1. The highest BCUT2D eigenvalue weighted by molar-refractivity contribution is 7.99. The normalized spacial score (nSPS) is 15.7. The number of aromatic nitrogens is 3. The van der Waals surface area contributed by atoms with E-state index in [1.165, 1.54) is 25.7 Å². The molecule has 0 aliphatic heterocycles. The molecule has 1 saturated carbocycles. The maximum Gasteiger partial charge on any atom is 0.230 e. The first kappa shape index (κ1) is 14.4. The quantitative estimate of drug-likeness (QED) is 0.809. The van der Waals surface area contributed by atoms with Crippen molar-refractivity contribution in [2.75, 3.05) is 36.6 Å². The summed E-state index contributed by atoms with van der Waals surface area (Å²) in [6.07, 6.45) is 5.49. The van der Waals surface area contributed by atoms with Crippen molar-refractivity contribution in [3.63, 3.8) is 0 Å². The molecule has 19 heavy (non-hydrogen) atoms. The lowest BCUT2D eigenvalue weighted by molar-refractivity contribution is 0.622. The smallest absolute Gasteiger partial charge is 0.230 e. The molecule has 0 spiro atoms. The number of hydrogen-bond acceptors (Lipinski definition) is 6. The Morgan fingerprint density at radius 1 is 1.21 bits per heavy atom. The predicted molar refractivity (Wildman–Crippen MR) is 81.0 cm³/mol. The molecule has 5 nitrogen and oxygen atoms in total. The first-order chi connectivity index (χ1) is 9.19. The fraction of sp³-hybridized carbons (Fsp3) is 0.769. The summed E-state index contributed by atoms with van der Waals surface area (Å²) in [5.74, 6) is 3.37. The van der Waals surface area contributed by atoms with Crippen LogP contribution >= 0.6 is 11.8 Å². The van der Waals surface area contributed by atoms with Crippen LogP contribution in [0.1, 0.15) is 32.6 Å². The van der Waals surface area contributed by atoms with Crippen LogP contribution in [0.2, 0.25) is 0 Å². The van der Waals surface area contributed by atoms with Gasteiger partial charge in [0.15, 0.2) is 5.16 Å². The van der Waals surface area contributed by atoms with Crippen LogP contribution in [0.3, 0.4) is 0 Å². The monoisotopic (exact) mass is 281 g/mol. The van der Waals surface area contributed by atoms with Crippen LogP contribution in [0, 0.1) is 5.92 Å². The Morgan fingerprint density at radius 3 is 2.58 bits per heavy atom. The van der Waals surface area contributed by atoms with Crippen molar-refractivity contribution in [1.29, 1.82) is 0 Å². The SMILES string of the molecule is CCNc1nc(SCC2CCCC2)nc(N(C)C)n1. The first-order valence-corrected chi connectivity index (χ1v) is 7.97. The summed E-state index contributed by atoms with van der Waals surface area (Å²) in [5.41, 5.74) is 0. The Balaban J connectivity index is 2.04. The second-order valence-corrected chi connectivity index (χ2v) is 6.11. The van der Waals surface area contributed by atoms with Crippen molar-refractivity contribution in [3.8, 4) is 0 Å². The van der Waals surface area contributed by atoms with Gasteiger partial charge in [0.1, 0.15) is 0 Å². The van der Waals surface area contributed by atoms with Gasteiger partial charge in [0.2, 0.25) is 11.9 Å². The third kappa shape index (κ3) is 4.23. The van der Waals surface area contributed by atoms with E-state index >= 15 is 0 Å². The third-order valence-corrected chi connectivity index (χ3v) is 4.34. The Hall–Kier alpha value is -1.04. The molecule has 106 valence electrons. The molecule has 0 radical (unpaired) electrons. The van der Waals surface area contributed by atoms with E-state index < -0.39 is 0 Å². The molecule has 0 saturated heterocycles. The average Bonchev–Trinajstić information content (AvgIpc) is 2.89. The highest BCUT2D eigenvalue weighted by Gasteiger charge is 2.16. The molecule has 0 atom stereocenters. The van der Waals surface area contributed by atoms with Gasteiger partial charge in [-0.3, -0.25) is 0 Å². The fourth-order valence-corrected chi connectivity index (χ4v) is 3.23. The van der Waals surface area contributed by atoms with Crippen molar-refractivity contribution in [2.24, 2.45) is 5.92 Å². The minimum atomic E-state index is 0.676. The summed E-state index contributed by atoms with van der Waals surface area (Å²) >= 11 is 1.76. The molecule has 0 bridgehead atoms. The molecule has 1 heterocycles. The van der Waals surface area contributed by atoms with E-state index in [9.17, 15) is 0 Å². The van der Waals surface area contributed by atoms with Crippen LogP contribution in [0.5, 0.6) is 0 Å². The van der Waals surface area contributed by atoms with Gasteiger partial charge in [-0.25, -0.2) is 0 Å². The minimum Gasteiger partial charge on any atom is -0.354 e. The van der Waals surface area contributed by atoms with Crippen molar-refractivity contribution in [2.45, 2.75) is 37.8 Å². The van der Waals surface area contributed by atoms with E-state index in [1.54, 1.807) is 11.8 Å². The molecule has 1 fully saturated rings. The first-order valence-electron chi connectivity index (χ1n) is 6.99. The number of nitrogens with one attached hydrogen (secondary N) is 1. The van der Waals surface area contributed by atoms with Crippen LogP contribution in [-0.2, 0) is 0 Å². The van der Waals surface area contributed by atoms with Crippen LogP contribution in [-0.4, -0.2) is 41.3 Å². The van der Waals surface area contributed by atoms with Gasteiger partial charge in [-0.15, -0.1) is 0 Å². The molecule has 1 aliphatic carbocycles. The highest BCUT2D eigenvalue weighted by atomic mass is 32.2. The summed E-state index contributed by atoms with van der Waals surface area (Å²) in [4.78, 5) is 15.3. The van der Waals surface area contributed by atoms with Crippen molar-refractivity contribution in [3.05, 3.63) is 0 Å². The van der Waals surface area contributed by atoms with Gasteiger partial charge in [-0.05, 0) is 25.7 Å². The Morgan fingerprint density at radius 2 is 1.95 bits per heavy atom. The third-order valence-electron chi connectivity index (χ3n) is 3.26. The maximum atomic E-state index is 4.50. The second-order valence-electron chi connectivity index (χ2n) is 5.13. The van der Waals surface area contributed by atoms with Gasteiger partial charge in [-0.2, -0.15) is 15.0 Å². The second kappa shape index (κ2) is 6.93. The predicted octanol–water partition coefficient (Wildman–Crippen LogP) is 2.65. The zero-order chi connectivity index (χ0) is 13.7. The van der Waals surface area contributed by atoms with Crippen LogP contribution < -0.4 is 10.2 Å². The molecular weight excluding hydrogens is 258 g/mol. The van der Waals surface area contributed by atoms with E-state index in [0.717, 1.165) is 29.3 Å². The van der Waals surface area contributed by atoms with Crippen molar-refractivity contribution in [1.82, 2.24) is 15.0 Å². The fourth-order valence-electron chi connectivity index (χ4n) is 2.22. The summed E-state index contributed by atoms with van der Waals surface area (Å²) in [5, 5.41) is 4.00. The number of rotatable bonds is 6. The molecule has 0 aromatic carbocycles. The maximum absolute atomic E-state index is 4.50. The van der Waals surface area contributed by atoms with Gasteiger partial charge in [0, 0.05) is 26.4 Å². The van der Waals surface area contributed by atoms with Gasteiger partial charge in [-0.1, -0.05) is 24.6 Å². The Kier molecular flexibility index (Phi) is 5.24. The molecule has 1 aliphatic rings. The standard InChI is InChI=1S/C13H23N5S/c1-4-14-11-15-12(18(2)3)17-13(16-11)19-9-10-7-5-6-8-10/h10H,4-9H2,1-3H3,(H,14,15,16,17). The molecule has 0 amide bonds. The number of nitrogens with zero attached hydrogens (tertiary/aromatic N) is 4. The summed E-state index contributed by atoms with van der Waals surface area (Å²) in [7, 11) is 3.91. The van der Waals surface area contributed by atoms with Crippen molar-refractivity contribution < 1.29 is 0 Å². The van der Waals surface area contributed by atoms with E-state index in [4.69, 9.17) is 0 Å². The van der Waals surface area contributed by atoms with Gasteiger partial charge in [0.25, 0.3) is 0 Å². The summed E-state index contributed by atoms with van der Waals surface area (Å²) in [6.45, 7) is 2.87. The molecule has 0 unspecified atom stereocenters. The molecule has 1 aromatic heterocycles. The van der Waals surface area contributed by atoms with Gasteiger partial charge >= 0.3 is 0 Å². The molecule has 6 heteroatoms. The lowest BCUT2D eigenvalue weighted by atomic mass is 10.1. The zero-order valence-electron chi connectivity index (χ0n) is 12.0. The zero-order valence-corrected chi connectivity index (χ0v) is 12.8.